The fourth-order valence-corrected chi connectivity index (χ4v) is 7.02. The molecule has 2 unspecified atom stereocenters. The molecule has 14 nitrogen and oxygen atoms in total. The Morgan fingerprint density at radius 3 is 3.00 bits per heavy atom. The van der Waals surface area contributed by atoms with E-state index in [0.29, 0.717) is 11.7 Å². The summed E-state index contributed by atoms with van der Waals surface area (Å²) in [4.78, 5) is 48.7. The summed E-state index contributed by atoms with van der Waals surface area (Å²) in [7, 11) is 0. The van der Waals surface area contributed by atoms with Crippen LogP contribution in [0.3, 0.4) is 0 Å². The van der Waals surface area contributed by atoms with Crippen LogP contribution in [0.5, 0.6) is 0 Å². The molecular formula is C20H23N9O5S3. The Morgan fingerprint density at radius 2 is 2.32 bits per heavy atom. The summed E-state index contributed by atoms with van der Waals surface area (Å²) in [6.45, 7) is 2.45. The second-order valence-electron chi connectivity index (χ2n) is 8.17. The number of aryl methyl sites for hydroxylation is 1. The van der Waals surface area contributed by atoms with Gasteiger partial charge in [-0.05, 0) is 16.8 Å². The molecule has 2 aliphatic rings. The van der Waals surface area contributed by atoms with E-state index >= 15 is 0 Å². The van der Waals surface area contributed by atoms with Crippen molar-refractivity contribution in [3.05, 3.63) is 11.1 Å². The fourth-order valence-electron chi connectivity index (χ4n) is 3.71. The standard InChI is InChI=1S/C20H23N9O5S3/c1-3-5-29-19(24-26-27-29)37-10-20(17(32)33)8-28-15(31)13(16(28)36-9-20)23-14(30)12(25-34-6-4-2)11-7-35-18(21)22-11/h2,7,13,16H,3,5-6,8-10H2,1H3,(H2,21,22)(H,23,30)(H,32,33)/t13?,16-,20?/m1/s1. The SMILES string of the molecule is C#CCON=C(C(=O)NC1C(=O)N2CC(CSc3nnnn3CCC)(C(=O)O)CS[C@H]12)c1csc(N)n1. The maximum atomic E-state index is 13.0. The molecule has 4 heterocycles. The molecule has 17 heteroatoms. The number of aliphatic carboxylic acids is 1. The van der Waals surface area contributed by atoms with E-state index in [9.17, 15) is 19.5 Å². The van der Waals surface area contributed by atoms with Crippen molar-refractivity contribution in [2.24, 2.45) is 10.6 Å². The molecule has 37 heavy (non-hydrogen) atoms. The molecule has 2 fully saturated rings. The first kappa shape index (κ1) is 26.7. The average molecular weight is 566 g/mol. The van der Waals surface area contributed by atoms with Crippen LogP contribution < -0.4 is 11.1 Å². The van der Waals surface area contributed by atoms with Crippen LogP contribution in [0.2, 0.25) is 0 Å². The summed E-state index contributed by atoms with van der Waals surface area (Å²) in [5, 5.41) is 29.9. The normalized spacial score (nSPS) is 23.1. The molecular weight excluding hydrogens is 542 g/mol. The third-order valence-electron chi connectivity index (χ3n) is 5.58. The summed E-state index contributed by atoms with van der Waals surface area (Å²) >= 11 is 3.65. The van der Waals surface area contributed by atoms with Crippen molar-refractivity contribution >= 4 is 63.5 Å². The highest BCUT2D eigenvalue weighted by Crippen LogP contribution is 2.44. The molecule has 2 amide bonds. The van der Waals surface area contributed by atoms with Gasteiger partial charge in [-0.3, -0.25) is 14.4 Å². The Kier molecular flexibility index (Phi) is 8.19. The Balaban J connectivity index is 1.42. The van der Waals surface area contributed by atoms with Crippen LogP contribution in [0.1, 0.15) is 19.0 Å². The van der Waals surface area contributed by atoms with Gasteiger partial charge in [0.15, 0.2) is 17.5 Å². The van der Waals surface area contributed by atoms with Gasteiger partial charge in [-0.2, -0.15) is 0 Å². The van der Waals surface area contributed by atoms with E-state index < -0.39 is 34.6 Å². The van der Waals surface area contributed by atoms with E-state index in [2.05, 4.69) is 36.9 Å². The minimum absolute atomic E-state index is 0.00237. The number of fused-ring (bicyclic) bond motifs is 1. The van der Waals surface area contributed by atoms with E-state index in [1.165, 1.54) is 33.8 Å². The maximum Gasteiger partial charge on any atom is 0.313 e. The van der Waals surface area contributed by atoms with Crippen molar-refractivity contribution < 1.29 is 24.3 Å². The largest absolute Gasteiger partial charge is 0.481 e. The number of carbonyl (C=O) groups is 3. The third-order valence-corrected chi connectivity index (χ3v) is 9.09. The van der Waals surface area contributed by atoms with E-state index in [1.807, 2.05) is 6.92 Å². The summed E-state index contributed by atoms with van der Waals surface area (Å²) < 4.78 is 1.63. The molecule has 0 aliphatic carbocycles. The van der Waals surface area contributed by atoms with Gasteiger partial charge >= 0.3 is 5.97 Å². The van der Waals surface area contributed by atoms with E-state index in [-0.39, 0.29) is 41.2 Å². The van der Waals surface area contributed by atoms with Gasteiger partial charge in [0.2, 0.25) is 11.1 Å². The van der Waals surface area contributed by atoms with Crippen LogP contribution in [0, 0.1) is 17.8 Å². The lowest BCUT2D eigenvalue weighted by Gasteiger charge is -2.53. The zero-order valence-corrected chi connectivity index (χ0v) is 22.0. The quantitative estimate of drug-likeness (QED) is 0.0809. The molecule has 4 N–H and O–H groups in total. The van der Waals surface area contributed by atoms with E-state index in [1.54, 1.807) is 4.68 Å². The molecule has 3 atom stereocenters. The Bertz CT molecular complexity index is 1260. The number of oxime groups is 1. The number of β-lactam (4-membered cyclic amide) rings is 1. The van der Waals surface area contributed by atoms with Crippen LogP contribution in [-0.4, -0.2) is 94.8 Å². The van der Waals surface area contributed by atoms with Gasteiger partial charge in [-0.15, -0.1) is 34.6 Å². The highest BCUT2D eigenvalue weighted by atomic mass is 32.2. The predicted octanol–water partition coefficient (Wildman–Crippen LogP) is -0.261. The van der Waals surface area contributed by atoms with Gasteiger partial charge in [0.05, 0.1) is 0 Å². The van der Waals surface area contributed by atoms with E-state index in [0.717, 1.165) is 17.8 Å². The van der Waals surface area contributed by atoms with Crippen molar-refractivity contribution in [3.63, 3.8) is 0 Å². The van der Waals surface area contributed by atoms with Gasteiger partial charge in [-0.1, -0.05) is 29.8 Å². The zero-order chi connectivity index (χ0) is 26.6. The number of tetrazole rings is 1. The summed E-state index contributed by atoms with van der Waals surface area (Å²) in [5.74, 6) is 0.572. The van der Waals surface area contributed by atoms with Gasteiger partial charge in [0, 0.05) is 30.0 Å². The average Bonchev–Trinajstić information content (AvgIpc) is 3.52. The number of nitrogen functional groups attached to an aromatic ring is 1. The Hall–Kier alpha value is -3.36. The number of nitrogens with one attached hydrogen (secondary N) is 1. The molecule has 0 bridgehead atoms. The summed E-state index contributed by atoms with van der Waals surface area (Å²) in [5.41, 5.74) is 4.48. The number of carbonyl (C=O) groups excluding carboxylic acids is 2. The maximum absolute atomic E-state index is 13.0. The second kappa shape index (κ2) is 11.4. The van der Waals surface area contributed by atoms with Crippen LogP contribution in [0.4, 0.5) is 5.13 Å². The number of carboxylic acids is 1. The van der Waals surface area contributed by atoms with Gasteiger partial charge < -0.3 is 25.9 Å². The molecule has 2 aromatic rings. The predicted molar refractivity (Wildman–Crippen MR) is 137 cm³/mol. The van der Waals surface area contributed by atoms with Crippen molar-refractivity contribution in [3.8, 4) is 12.3 Å². The number of carboxylic acid groups (broad SMARTS) is 1. The van der Waals surface area contributed by atoms with Crippen molar-refractivity contribution in [1.82, 2.24) is 35.4 Å². The number of amides is 2. The molecule has 196 valence electrons. The second-order valence-corrected chi connectivity index (χ2v) is 11.1. The first-order valence-electron chi connectivity index (χ1n) is 11.0. The van der Waals surface area contributed by atoms with Crippen molar-refractivity contribution in [2.45, 2.75) is 36.5 Å². The van der Waals surface area contributed by atoms with Crippen LogP contribution in [-0.2, 0) is 25.8 Å². The lowest BCUT2D eigenvalue weighted by atomic mass is 9.89. The number of hydrogen-bond donors (Lipinski definition) is 3. The minimum Gasteiger partial charge on any atom is -0.481 e. The molecule has 0 aromatic carbocycles. The molecule has 2 aliphatic heterocycles. The third kappa shape index (κ3) is 5.50. The molecule has 0 saturated carbocycles. The lowest BCUT2D eigenvalue weighted by Crippen LogP contribution is -2.74. The molecule has 2 saturated heterocycles. The number of thioether (sulfide) groups is 2. The van der Waals surface area contributed by atoms with Gasteiger partial charge in [0.1, 0.15) is 22.5 Å². The smallest absolute Gasteiger partial charge is 0.313 e. The summed E-state index contributed by atoms with van der Waals surface area (Å²) in [6, 6.07) is -0.859. The molecule has 0 radical (unpaired) electrons. The number of hydrogen-bond acceptors (Lipinski definition) is 13. The molecule has 2 aromatic heterocycles. The van der Waals surface area contributed by atoms with Crippen LogP contribution in [0.25, 0.3) is 0 Å². The number of rotatable bonds is 11. The lowest BCUT2D eigenvalue weighted by molar-refractivity contribution is -0.157. The first-order valence-corrected chi connectivity index (χ1v) is 13.9. The number of thiazole rings is 1. The Labute approximate surface area is 223 Å². The van der Waals surface area contributed by atoms with Crippen molar-refractivity contribution in [2.75, 3.05) is 30.4 Å². The monoisotopic (exact) mass is 565 g/mol. The van der Waals surface area contributed by atoms with Gasteiger partial charge in [-0.25, -0.2) is 9.67 Å². The highest BCUT2D eigenvalue weighted by molar-refractivity contribution is 8.00. The number of nitrogens with two attached hydrogens (primary N) is 1. The summed E-state index contributed by atoms with van der Waals surface area (Å²) in [6.07, 6.45) is 5.99. The van der Waals surface area contributed by atoms with Crippen molar-refractivity contribution in [1.29, 1.82) is 0 Å². The van der Waals surface area contributed by atoms with Crippen LogP contribution >= 0.6 is 34.9 Å². The van der Waals surface area contributed by atoms with Gasteiger partial charge in [0.25, 0.3) is 5.91 Å². The Morgan fingerprint density at radius 1 is 1.51 bits per heavy atom. The number of aromatic nitrogens is 5. The zero-order valence-electron chi connectivity index (χ0n) is 19.6. The topological polar surface area (TPSA) is 191 Å². The minimum atomic E-state index is -1.20. The number of nitrogens with zero attached hydrogens (tertiary/aromatic N) is 7. The first-order chi connectivity index (χ1) is 17.8. The highest BCUT2D eigenvalue weighted by Gasteiger charge is 2.57. The molecule has 4 rings (SSSR count). The number of terminal acetylenes is 1. The fraction of sp³-hybridized carbons (Fsp3) is 0.500. The number of anilines is 1. The molecule has 0 spiro atoms. The van der Waals surface area contributed by atoms with Crippen LogP contribution in [0.15, 0.2) is 15.7 Å². The van der Waals surface area contributed by atoms with E-state index in [4.69, 9.17) is 17.0 Å².